The third kappa shape index (κ3) is 3.28. The van der Waals surface area contributed by atoms with Crippen LogP contribution < -0.4 is 0 Å². The molecule has 2 heteroatoms. The van der Waals surface area contributed by atoms with Crippen LogP contribution in [-0.2, 0) is 0 Å². The summed E-state index contributed by atoms with van der Waals surface area (Å²) >= 11 is 0. The van der Waals surface area contributed by atoms with Crippen LogP contribution in [0.3, 0.4) is 0 Å². The van der Waals surface area contributed by atoms with Gasteiger partial charge in [-0.3, -0.25) is 0 Å². The fourth-order valence-electron chi connectivity index (χ4n) is 6.29. The van der Waals surface area contributed by atoms with Gasteiger partial charge in [-0.15, -0.1) is 0 Å². The lowest BCUT2D eigenvalue weighted by Crippen LogP contribution is -1.93. The third-order valence-corrected chi connectivity index (χ3v) is 8.03. The predicted octanol–water partition coefficient (Wildman–Crippen LogP) is 9.86. The first kappa shape index (κ1) is 22.0. The fourth-order valence-corrected chi connectivity index (χ4v) is 6.29. The molecular weight excluding hydrogens is 472 g/mol. The minimum atomic E-state index is 1.18. The second-order valence-electron chi connectivity index (χ2n) is 10.3. The van der Waals surface area contributed by atoms with Crippen molar-refractivity contribution in [2.75, 3.05) is 0 Å². The number of benzene rings is 6. The normalized spacial score (nSPS) is 11.7. The molecule has 0 bridgehead atoms. The van der Waals surface area contributed by atoms with Gasteiger partial charge >= 0.3 is 0 Å². The summed E-state index contributed by atoms with van der Waals surface area (Å²) in [5.41, 5.74) is 11.1. The van der Waals surface area contributed by atoms with E-state index in [-0.39, 0.29) is 0 Å². The van der Waals surface area contributed by atoms with Gasteiger partial charge in [-0.25, -0.2) is 0 Å². The molecule has 0 amide bonds. The summed E-state index contributed by atoms with van der Waals surface area (Å²) in [6.45, 7) is 2.22. The average molecular weight is 499 g/mol. The van der Waals surface area contributed by atoms with Crippen LogP contribution in [0.5, 0.6) is 0 Å². The summed E-state index contributed by atoms with van der Waals surface area (Å²) in [5, 5.41) is 5.15. The van der Waals surface area contributed by atoms with Crippen molar-refractivity contribution >= 4 is 43.6 Å². The molecule has 0 aliphatic heterocycles. The van der Waals surface area contributed by atoms with Crippen molar-refractivity contribution in [3.8, 4) is 22.5 Å². The number of aromatic nitrogens is 2. The zero-order chi connectivity index (χ0) is 25.9. The molecule has 39 heavy (non-hydrogen) atoms. The molecule has 0 N–H and O–H groups in total. The van der Waals surface area contributed by atoms with E-state index in [1.165, 1.54) is 71.7 Å². The van der Waals surface area contributed by atoms with Gasteiger partial charge in [0.1, 0.15) is 0 Å². The number of para-hydroxylation sites is 3. The molecule has 2 heterocycles. The zero-order valence-electron chi connectivity index (χ0n) is 21.7. The minimum absolute atomic E-state index is 1.18. The number of hydrogen-bond donors (Lipinski definition) is 0. The third-order valence-electron chi connectivity index (χ3n) is 8.03. The van der Waals surface area contributed by atoms with E-state index in [2.05, 4.69) is 156 Å². The van der Waals surface area contributed by atoms with E-state index in [1.54, 1.807) is 0 Å². The standard InChI is InChI=1S/C37H26N2/c1-25-11-10-18-36-37(25)32-24-27(20-22-35(32)39(36)29-14-6-3-7-15-29)26-19-21-34-31(23-26)30-16-8-9-17-33(30)38(34)28-12-4-2-5-13-28/h2-24H,1H3. The number of hydrogen-bond acceptors (Lipinski definition) is 0. The van der Waals surface area contributed by atoms with Crippen LogP contribution in [0.4, 0.5) is 0 Å². The first-order valence-electron chi connectivity index (χ1n) is 13.5. The Morgan fingerprint density at radius 2 is 0.897 bits per heavy atom. The molecule has 0 spiro atoms. The molecule has 0 atom stereocenters. The summed E-state index contributed by atoms with van der Waals surface area (Å²) in [7, 11) is 0. The maximum absolute atomic E-state index is 2.39. The second kappa shape index (κ2) is 8.47. The van der Waals surface area contributed by atoms with Gasteiger partial charge in [-0.05, 0) is 84.3 Å². The molecule has 0 unspecified atom stereocenters. The minimum Gasteiger partial charge on any atom is -0.309 e. The molecule has 0 radical (unpaired) electrons. The summed E-state index contributed by atoms with van der Waals surface area (Å²) in [6.07, 6.45) is 0. The molecule has 0 aliphatic rings. The van der Waals surface area contributed by atoms with Crippen molar-refractivity contribution in [1.82, 2.24) is 9.13 Å². The molecule has 2 aromatic heterocycles. The largest absolute Gasteiger partial charge is 0.309 e. The molecule has 8 aromatic rings. The quantitative estimate of drug-likeness (QED) is 0.229. The molecule has 2 nitrogen and oxygen atoms in total. The lowest BCUT2D eigenvalue weighted by molar-refractivity contribution is 1.18. The van der Waals surface area contributed by atoms with E-state index in [1.807, 2.05) is 0 Å². The van der Waals surface area contributed by atoms with Crippen molar-refractivity contribution in [2.24, 2.45) is 0 Å². The average Bonchev–Trinajstić information content (AvgIpc) is 3.51. The van der Waals surface area contributed by atoms with Gasteiger partial charge in [0.05, 0.1) is 22.1 Å². The van der Waals surface area contributed by atoms with Gasteiger partial charge in [-0.1, -0.05) is 78.9 Å². The Hall–Kier alpha value is -5.08. The van der Waals surface area contributed by atoms with Crippen LogP contribution in [0.1, 0.15) is 5.56 Å². The smallest absolute Gasteiger partial charge is 0.0543 e. The Bertz CT molecular complexity index is 2160. The van der Waals surface area contributed by atoms with E-state index in [0.29, 0.717) is 0 Å². The molecule has 8 rings (SSSR count). The first-order chi connectivity index (χ1) is 19.3. The van der Waals surface area contributed by atoms with Crippen LogP contribution in [-0.4, -0.2) is 9.13 Å². The van der Waals surface area contributed by atoms with Gasteiger partial charge in [0, 0.05) is 32.9 Å². The molecule has 0 aliphatic carbocycles. The molecule has 0 saturated carbocycles. The van der Waals surface area contributed by atoms with Crippen molar-refractivity contribution in [3.05, 3.63) is 145 Å². The van der Waals surface area contributed by atoms with Gasteiger partial charge in [0.25, 0.3) is 0 Å². The van der Waals surface area contributed by atoms with E-state index in [0.717, 1.165) is 0 Å². The maximum Gasteiger partial charge on any atom is 0.0543 e. The predicted molar refractivity (Wildman–Crippen MR) is 165 cm³/mol. The maximum atomic E-state index is 2.39. The number of rotatable bonds is 3. The van der Waals surface area contributed by atoms with Crippen molar-refractivity contribution in [1.29, 1.82) is 0 Å². The lowest BCUT2D eigenvalue weighted by atomic mass is 9.99. The summed E-state index contributed by atoms with van der Waals surface area (Å²) in [4.78, 5) is 0. The van der Waals surface area contributed by atoms with Gasteiger partial charge in [0.2, 0.25) is 0 Å². The van der Waals surface area contributed by atoms with Crippen LogP contribution in [0.15, 0.2) is 140 Å². The highest BCUT2D eigenvalue weighted by Crippen LogP contribution is 2.38. The Kier molecular flexibility index (Phi) is 4.77. The number of aryl methyl sites for hydroxylation is 1. The van der Waals surface area contributed by atoms with E-state index in [9.17, 15) is 0 Å². The van der Waals surface area contributed by atoms with Crippen LogP contribution in [0.2, 0.25) is 0 Å². The lowest BCUT2D eigenvalue weighted by Gasteiger charge is -2.09. The Labute approximate surface area is 227 Å². The monoisotopic (exact) mass is 498 g/mol. The molecule has 184 valence electrons. The Morgan fingerprint density at radius 3 is 1.59 bits per heavy atom. The van der Waals surface area contributed by atoms with Gasteiger partial charge in [0.15, 0.2) is 0 Å². The molecule has 6 aromatic carbocycles. The highest BCUT2D eigenvalue weighted by molar-refractivity contribution is 6.13. The van der Waals surface area contributed by atoms with E-state index < -0.39 is 0 Å². The topological polar surface area (TPSA) is 9.86 Å². The van der Waals surface area contributed by atoms with E-state index >= 15 is 0 Å². The fraction of sp³-hybridized carbons (Fsp3) is 0.0270. The molecule has 0 fully saturated rings. The highest BCUT2D eigenvalue weighted by atomic mass is 15.0. The second-order valence-corrected chi connectivity index (χ2v) is 10.3. The number of nitrogens with zero attached hydrogens (tertiary/aromatic N) is 2. The van der Waals surface area contributed by atoms with Crippen molar-refractivity contribution in [2.45, 2.75) is 6.92 Å². The first-order valence-corrected chi connectivity index (χ1v) is 13.5. The molecule has 0 saturated heterocycles. The highest BCUT2D eigenvalue weighted by Gasteiger charge is 2.16. The van der Waals surface area contributed by atoms with Gasteiger partial charge < -0.3 is 9.13 Å². The van der Waals surface area contributed by atoms with Crippen LogP contribution in [0.25, 0.3) is 66.1 Å². The summed E-state index contributed by atoms with van der Waals surface area (Å²) in [6, 6.07) is 50.5. The van der Waals surface area contributed by atoms with Crippen LogP contribution >= 0.6 is 0 Å². The number of fused-ring (bicyclic) bond motifs is 6. The summed E-state index contributed by atoms with van der Waals surface area (Å²) < 4.78 is 4.76. The van der Waals surface area contributed by atoms with Gasteiger partial charge in [-0.2, -0.15) is 0 Å². The van der Waals surface area contributed by atoms with E-state index in [4.69, 9.17) is 0 Å². The summed E-state index contributed by atoms with van der Waals surface area (Å²) in [5.74, 6) is 0. The van der Waals surface area contributed by atoms with Crippen molar-refractivity contribution in [3.63, 3.8) is 0 Å². The molecular formula is C37H26N2. The SMILES string of the molecule is Cc1cccc2c1c1cc(-c3ccc4c(c3)c3ccccc3n4-c3ccccc3)ccc1n2-c1ccccc1. The van der Waals surface area contributed by atoms with Crippen molar-refractivity contribution < 1.29 is 0 Å². The van der Waals surface area contributed by atoms with Crippen LogP contribution in [0, 0.1) is 6.92 Å². The Balaban J connectivity index is 1.38. The zero-order valence-corrected chi connectivity index (χ0v) is 21.7. The Morgan fingerprint density at radius 1 is 0.385 bits per heavy atom.